The molecule has 3 aromatic heterocycles. The van der Waals surface area contributed by atoms with E-state index in [2.05, 4.69) is 25.5 Å². The molecule has 2 N–H and O–H groups in total. The van der Waals surface area contributed by atoms with Crippen LogP contribution in [0.5, 0.6) is 0 Å². The van der Waals surface area contributed by atoms with Crippen LogP contribution in [0.15, 0.2) is 85.3 Å². The van der Waals surface area contributed by atoms with Gasteiger partial charge in [-0.15, -0.1) is 0 Å². The molecule has 0 aliphatic carbocycles. The van der Waals surface area contributed by atoms with Crippen LogP contribution in [0.4, 0.5) is 5.82 Å². The van der Waals surface area contributed by atoms with Crippen LogP contribution in [0.3, 0.4) is 0 Å². The number of aromatic nitrogens is 5. The average Bonchev–Trinajstić information content (AvgIpc) is 3.52. The predicted octanol–water partition coefficient (Wildman–Crippen LogP) is 3.64. The molecule has 168 valence electrons. The lowest BCUT2D eigenvalue weighted by atomic mass is 10.1. The quantitative estimate of drug-likeness (QED) is 0.410. The molecule has 9 heteroatoms. The van der Waals surface area contributed by atoms with Gasteiger partial charge in [0, 0.05) is 31.5 Å². The maximum atomic E-state index is 13.0. The number of imidazole rings is 1. The average molecular weight is 451 g/mol. The number of fused-ring (bicyclic) bond motifs is 1. The predicted molar refractivity (Wildman–Crippen MR) is 127 cm³/mol. The number of amides is 2. The van der Waals surface area contributed by atoms with E-state index in [1.54, 1.807) is 23.7 Å². The first kappa shape index (κ1) is 21.1. The maximum Gasteiger partial charge on any atom is 0.275 e. The second-order valence-corrected chi connectivity index (χ2v) is 7.77. The number of carbonyl (C=O) groups excluding carboxylic acids is 2. The summed E-state index contributed by atoms with van der Waals surface area (Å²) in [4.78, 5) is 36.4. The zero-order valence-electron chi connectivity index (χ0n) is 18.3. The van der Waals surface area contributed by atoms with Gasteiger partial charge >= 0.3 is 0 Å². The van der Waals surface area contributed by atoms with Crippen molar-refractivity contribution in [1.82, 2.24) is 29.5 Å². The van der Waals surface area contributed by atoms with Gasteiger partial charge in [0.2, 0.25) is 5.78 Å². The highest BCUT2D eigenvalue weighted by Gasteiger charge is 2.23. The van der Waals surface area contributed by atoms with E-state index in [4.69, 9.17) is 0 Å². The third kappa shape index (κ3) is 4.26. The van der Waals surface area contributed by atoms with Gasteiger partial charge in [-0.25, -0.2) is 4.98 Å². The second-order valence-electron chi connectivity index (χ2n) is 7.77. The minimum Gasteiger partial charge on any atom is -0.337 e. The highest BCUT2D eigenvalue weighted by molar-refractivity contribution is 6.10. The molecule has 0 spiro atoms. The van der Waals surface area contributed by atoms with E-state index in [1.807, 2.05) is 66.9 Å². The normalized spacial score (nSPS) is 10.9. The molecule has 5 rings (SSSR count). The number of aromatic amines is 1. The van der Waals surface area contributed by atoms with E-state index in [0.29, 0.717) is 18.1 Å². The van der Waals surface area contributed by atoms with Crippen molar-refractivity contribution in [3.05, 3.63) is 102 Å². The Kier molecular flexibility index (Phi) is 5.57. The summed E-state index contributed by atoms with van der Waals surface area (Å²) in [5.41, 5.74) is 2.99. The number of rotatable bonds is 6. The molecule has 2 aromatic carbocycles. The van der Waals surface area contributed by atoms with Gasteiger partial charge in [-0.05, 0) is 11.6 Å². The summed E-state index contributed by atoms with van der Waals surface area (Å²) in [6, 6.07) is 21.1. The van der Waals surface area contributed by atoms with Gasteiger partial charge in [0.15, 0.2) is 0 Å². The summed E-state index contributed by atoms with van der Waals surface area (Å²) in [7, 11) is 1.68. The van der Waals surface area contributed by atoms with E-state index in [0.717, 1.165) is 16.8 Å². The fourth-order valence-corrected chi connectivity index (χ4v) is 3.62. The fraction of sp³-hybridized carbons (Fsp3) is 0.0800. The van der Waals surface area contributed by atoms with Crippen molar-refractivity contribution < 1.29 is 9.59 Å². The van der Waals surface area contributed by atoms with E-state index in [1.165, 1.54) is 11.1 Å². The summed E-state index contributed by atoms with van der Waals surface area (Å²) < 4.78 is 1.78. The Morgan fingerprint density at radius 2 is 1.74 bits per heavy atom. The standard InChI is InChI=1S/C25H21N7O2/c1-31(15-17-8-4-2-5-9-17)24(34)19-14-26-30-22(19)23(33)28-21-12-13-32-16-20(27-25(32)29-21)18-10-6-3-7-11-18/h2-14,16H,15H2,1H3,(H,26,30)(H,27,28,29,33). The molecule has 5 aromatic rings. The molecule has 0 bridgehead atoms. The van der Waals surface area contributed by atoms with E-state index < -0.39 is 5.91 Å². The smallest absolute Gasteiger partial charge is 0.275 e. The van der Waals surface area contributed by atoms with Crippen LogP contribution in [-0.2, 0) is 6.54 Å². The second kappa shape index (κ2) is 8.99. The zero-order valence-corrected chi connectivity index (χ0v) is 18.3. The SMILES string of the molecule is CN(Cc1ccccc1)C(=O)c1cn[nH]c1C(=O)Nc1ccn2cc(-c3ccccc3)nc2n1. The Labute approximate surface area is 195 Å². The van der Waals surface area contributed by atoms with Crippen molar-refractivity contribution in [2.45, 2.75) is 6.54 Å². The van der Waals surface area contributed by atoms with Gasteiger partial charge in [-0.3, -0.25) is 19.1 Å². The van der Waals surface area contributed by atoms with Crippen LogP contribution in [0.25, 0.3) is 17.0 Å². The van der Waals surface area contributed by atoms with Crippen LogP contribution in [-0.4, -0.2) is 48.3 Å². The molecular weight excluding hydrogens is 430 g/mol. The number of carbonyl (C=O) groups is 2. The molecule has 0 fully saturated rings. The molecule has 0 unspecified atom stereocenters. The first-order valence-electron chi connectivity index (χ1n) is 10.6. The number of benzene rings is 2. The number of anilines is 1. The number of nitrogens with one attached hydrogen (secondary N) is 2. The molecule has 34 heavy (non-hydrogen) atoms. The molecule has 3 heterocycles. The van der Waals surface area contributed by atoms with Crippen LogP contribution < -0.4 is 5.32 Å². The maximum absolute atomic E-state index is 13.0. The highest BCUT2D eigenvalue weighted by Crippen LogP contribution is 2.19. The van der Waals surface area contributed by atoms with Crippen LogP contribution in [0.1, 0.15) is 26.4 Å². The Hall–Kier alpha value is -4.79. The number of hydrogen-bond acceptors (Lipinski definition) is 5. The molecule has 0 atom stereocenters. The van der Waals surface area contributed by atoms with Crippen LogP contribution in [0.2, 0.25) is 0 Å². The summed E-state index contributed by atoms with van der Waals surface area (Å²) in [5, 5.41) is 9.27. The summed E-state index contributed by atoms with van der Waals surface area (Å²) in [6.07, 6.45) is 5.00. The third-order valence-corrected chi connectivity index (χ3v) is 5.34. The Bertz CT molecular complexity index is 1460. The van der Waals surface area contributed by atoms with Crippen molar-refractivity contribution in [3.8, 4) is 11.3 Å². The largest absolute Gasteiger partial charge is 0.337 e. The van der Waals surface area contributed by atoms with Gasteiger partial charge in [0.05, 0.1) is 17.5 Å². The molecular formula is C25H21N7O2. The van der Waals surface area contributed by atoms with E-state index >= 15 is 0 Å². The van der Waals surface area contributed by atoms with Crippen molar-refractivity contribution >= 4 is 23.4 Å². The monoisotopic (exact) mass is 451 g/mol. The first-order chi connectivity index (χ1) is 16.6. The molecule has 0 saturated heterocycles. The Morgan fingerprint density at radius 3 is 2.50 bits per heavy atom. The van der Waals surface area contributed by atoms with E-state index in [-0.39, 0.29) is 17.2 Å². The molecule has 0 saturated carbocycles. The minimum absolute atomic E-state index is 0.0694. The summed E-state index contributed by atoms with van der Waals surface area (Å²) in [6.45, 7) is 0.410. The minimum atomic E-state index is -0.513. The summed E-state index contributed by atoms with van der Waals surface area (Å²) >= 11 is 0. The van der Waals surface area contributed by atoms with Gasteiger partial charge in [-0.1, -0.05) is 60.7 Å². The molecule has 0 radical (unpaired) electrons. The number of nitrogens with zero attached hydrogens (tertiary/aromatic N) is 5. The Morgan fingerprint density at radius 1 is 1.00 bits per heavy atom. The molecule has 0 aliphatic rings. The number of hydrogen-bond donors (Lipinski definition) is 2. The summed E-state index contributed by atoms with van der Waals surface area (Å²) in [5.74, 6) is -0.0684. The van der Waals surface area contributed by atoms with Gasteiger partial charge in [0.25, 0.3) is 11.8 Å². The van der Waals surface area contributed by atoms with Crippen LogP contribution >= 0.6 is 0 Å². The van der Waals surface area contributed by atoms with Gasteiger partial charge in [0.1, 0.15) is 11.5 Å². The lowest BCUT2D eigenvalue weighted by molar-refractivity contribution is 0.0780. The zero-order chi connectivity index (χ0) is 23.5. The van der Waals surface area contributed by atoms with Crippen molar-refractivity contribution in [1.29, 1.82) is 0 Å². The lowest BCUT2D eigenvalue weighted by Crippen LogP contribution is -2.28. The lowest BCUT2D eigenvalue weighted by Gasteiger charge is -2.17. The molecule has 0 aliphatic heterocycles. The Balaban J connectivity index is 1.33. The number of H-pyrrole nitrogens is 1. The first-order valence-corrected chi connectivity index (χ1v) is 10.6. The van der Waals surface area contributed by atoms with E-state index in [9.17, 15) is 9.59 Å². The van der Waals surface area contributed by atoms with Crippen molar-refractivity contribution in [2.24, 2.45) is 0 Å². The molecule has 9 nitrogen and oxygen atoms in total. The van der Waals surface area contributed by atoms with Gasteiger partial charge < -0.3 is 10.2 Å². The van der Waals surface area contributed by atoms with Gasteiger partial charge in [-0.2, -0.15) is 10.1 Å². The van der Waals surface area contributed by atoms with Crippen molar-refractivity contribution in [2.75, 3.05) is 12.4 Å². The molecule has 2 amide bonds. The third-order valence-electron chi connectivity index (χ3n) is 5.34. The fourth-order valence-electron chi connectivity index (χ4n) is 3.62. The topological polar surface area (TPSA) is 108 Å². The highest BCUT2D eigenvalue weighted by atomic mass is 16.2. The van der Waals surface area contributed by atoms with Crippen molar-refractivity contribution in [3.63, 3.8) is 0 Å². The van der Waals surface area contributed by atoms with Crippen LogP contribution in [0, 0.1) is 0 Å².